The summed E-state index contributed by atoms with van der Waals surface area (Å²) in [5.41, 5.74) is -0.315. The Morgan fingerprint density at radius 2 is 0.640 bits per heavy atom. The molecular formula is C35H74O15. The van der Waals surface area contributed by atoms with Gasteiger partial charge in [-0.25, -0.2) is 0 Å². The lowest BCUT2D eigenvalue weighted by molar-refractivity contribution is -0.0917. The molecule has 0 aromatic carbocycles. The van der Waals surface area contributed by atoms with E-state index in [0.717, 1.165) is 13.0 Å². The first-order valence-electron chi connectivity index (χ1n) is 17.9. The van der Waals surface area contributed by atoms with E-state index < -0.39 is 0 Å². The number of ether oxygens (including phenoxy) is 12. The van der Waals surface area contributed by atoms with Crippen molar-refractivity contribution in [1.29, 1.82) is 0 Å². The number of hydrogen-bond acceptors (Lipinski definition) is 15. The lowest BCUT2D eigenvalue weighted by Gasteiger charge is -2.21. The lowest BCUT2D eigenvalue weighted by atomic mass is 10.2. The van der Waals surface area contributed by atoms with Crippen LogP contribution in [0.1, 0.15) is 54.9 Å². The van der Waals surface area contributed by atoms with Gasteiger partial charge in [0.15, 0.2) is 0 Å². The van der Waals surface area contributed by atoms with Crippen LogP contribution in [-0.2, 0) is 56.8 Å². The van der Waals surface area contributed by atoms with Gasteiger partial charge in [-0.15, -0.1) is 0 Å². The van der Waals surface area contributed by atoms with E-state index in [9.17, 15) is 0 Å². The molecule has 304 valence electrons. The summed E-state index contributed by atoms with van der Waals surface area (Å²) in [4.78, 5) is 0. The van der Waals surface area contributed by atoms with Crippen LogP contribution in [0, 0.1) is 0 Å². The molecule has 50 heavy (non-hydrogen) atoms. The molecule has 3 N–H and O–H groups in total. The minimum atomic E-state index is -0.242. The Bertz CT molecular complexity index is 647. The predicted octanol–water partition coefficient (Wildman–Crippen LogP) is 1.89. The molecule has 0 heterocycles. The highest BCUT2D eigenvalue weighted by molar-refractivity contribution is 4.60. The third kappa shape index (κ3) is 45.4. The number of aliphatic hydroxyl groups excluding tert-OH is 3. The smallest absolute Gasteiger partial charge is 0.104 e. The first-order valence-corrected chi connectivity index (χ1v) is 17.9. The van der Waals surface area contributed by atoms with Crippen LogP contribution in [0.15, 0.2) is 0 Å². The molecule has 0 saturated carbocycles. The van der Waals surface area contributed by atoms with Gasteiger partial charge in [-0.3, -0.25) is 0 Å². The Balaban J connectivity index is 0. The van der Waals surface area contributed by atoms with Gasteiger partial charge in [0.1, 0.15) is 12.2 Å². The molecule has 0 fully saturated rings. The third-order valence-electron chi connectivity index (χ3n) is 5.70. The molecule has 2 atom stereocenters. The fourth-order valence-electron chi connectivity index (χ4n) is 3.49. The Hall–Kier alpha value is -0.600. The van der Waals surface area contributed by atoms with Crippen molar-refractivity contribution in [3.05, 3.63) is 0 Å². The predicted molar refractivity (Wildman–Crippen MR) is 189 cm³/mol. The second-order valence-corrected chi connectivity index (χ2v) is 12.8. The van der Waals surface area contributed by atoms with Gasteiger partial charge in [-0.05, 0) is 48.0 Å². The molecule has 0 rings (SSSR count). The average Bonchev–Trinajstić information content (AvgIpc) is 3.05. The zero-order valence-corrected chi connectivity index (χ0v) is 32.4. The van der Waals surface area contributed by atoms with E-state index in [4.69, 9.17) is 72.2 Å². The molecule has 0 aromatic heterocycles. The Kier molecular flexibility index (Phi) is 39.3. The van der Waals surface area contributed by atoms with Crippen LogP contribution in [0.5, 0.6) is 0 Å². The summed E-state index contributed by atoms with van der Waals surface area (Å²) in [6, 6.07) is 0. The molecule has 0 aliphatic rings. The van der Waals surface area contributed by atoms with E-state index in [-0.39, 0.29) is 49.8 Å². The summed E-state index contributed by atoms with van der Waals surface area (Å²) in [6.45, 7) is 23.2. The van der Waals surface area contributed by atoms with Gasteiger partial charge in [-0.1, -0.05) is 6.92 Å². The number of hydrogen-bond donors (Lipinski definition) is 3. The van der Waals surface area contributed by atoms with E-state index in [2.05, 4.69) is 6.92 Å². The van der Waals surface area contributed by atoms with Crippen LogP contribution in [0.3, 0.4) is 0 Å². The Morgan fingerprint density at radius 1 is 0.360 bits per heavy atom. The fourth-order valence-corrected chi connectivity index (χ4v) is 3.49. The number of rotatable bonds is 36. The van der Waals surface area contributed by atoms with Crippen molar-refractivity contribution < 1.29 is 72.2 Å². The summed E-state index contributed by atoms with van der Waals surface area (Å²) in [5.74, 6) is 0. The number of aliphatic hydroxyl groups is 3. The van der Waals surface area contributed by atoms with Crippen molar-refractivity contribution in [2.75, 3.05) is 152 Å². The summed E-state index contributed by atoms with van der Waals surface area (Å²) in [5, 5.41) is 26.1. The molecule has 0 saturated heterocycles. The molecular weight excluding hydrogens is 660 g/mol. The fraction of sp³-hybridized carbons (Fsp3) is 1.00. The molecule has 0 amide bonds. The van der Waals surface area contributed by atoms with Crippen LogP contribution >= 0.6 is 0 Å². The van der Waals surface area contributed by atoms with Crippen LogP contribution in [0.4, 0.5) is 0 Å². The minimum Gasteiger partial charge on any atom is -0.394 e. The maximum absolute atomic E-state index is 8.75. The summed E-state index contributed by atoms with van der Waals surface area (Å²) < 4.78 is 65.7. The van der Waals surface area contributed by atoms with Gasteiger partial charge >= 0.3 is 0 Å². The van der Waals surface area contributed by atoms with Crippen molar-refractivity contribution in [2.24, 2.45) is 0 Å². The zero-order chi connectivity index (χ0) is 37.6. The standard InChI is InChI=1S/C18H38O7.C17H36O8/c1-5-7-20-9-10-22-15-17(24-13-11-21-8-6-19)16-23-12-14-25-18(2,3)4;1-17(2,3)25-13-11-21-8-9-23-15-16(14-22-7-5-19)24-12-10-20-6-4-18/h17,19H,5-16H2,1-4H3;16,18-19H,4-15H2,1-3H3. The molecule has 0 bridgehead atoms. The van der Waals surface area contributed by atoms with Crippen molar-refractivity contribution in [3.8, 4) is 0 Å². The van der Waals surface area contributed by atoms with E-state index in [1.807, 2.05) is 41.5 Å². The summed E-state index contributed by atoms with van der Waals surface area (Å²) >= 11 is 0. The normalized spacial score (nSPS) is 13.3. The zero-order valence-electron chi connectivity index (χ0n) is 32.4. The molecule has 0 radical (unpaired) electrons. The van der Waals surface area contributed by atoms with Gasteiger partial charge < -0.3 is 72.2 Å². The second-order valence-electron chi connectivity index (χ2n) is 12.8. The maximum Gasteiger partial charge on any atom is 0.104 e. The molecule has 0 aliphatic carbocycles. The molecule has 0 aliphatic heterocycles. The first kappa shape index (κ1) is 51.5. The van der Waals surface area contributed by atoms with Gasteiger partial charge in [0, 0.05) is 6.61 Å². The molecule has 15 nitrogen and oxygen atoms in total. The van der Waals surface area contributed by atoms with Crippen LogP contribution in [0.25, 0.3) is 0 Å². The van der Waals surface area contributed by atoms with Crippen molar-refractivity contribution >= 4 is 0 Å². The van der Waals surface area contributed by atoms with Crippen LogP contribution < -0.4 is 0 Å². The molecule has 15 heteroatoms. The second kappa shape index (κ2) is 38.1. The van der Waals surface area contributed by atoms with E-state index in [1.165, 1.54) is 0 Å². The van der Waals surface area contributed by atoms with Gasteiger partial charge in [0.05, 0.1) is 157 Å². The van der Waals surface area contributed by atoms with Crippen molar-refractivity contribution in [3.63, 3.8) is 0 Å². The summed E-state index contributed by atoms with van der Waals surface area (Å²) in [7, 11) is 0. The lowest BCUT2D eigenvalue weighted by Crippen LogP contribution is -2.29. The van der Waals surface area contributed by atoms with E-state index in [0.29, 0.717) is 119 Å². The van der Waals surface area contributed by atoms with E-state index >= 15 is 0 Å². The highest BCUT2D eigenvalue weighted by Gasteiger charge is 2.13. The quantitative estimate of drug-likeness (QED) is 0.0797. The van der Waals surface area contributed by atoms with Crippen molar-refractivity contribution in [2.45, 2.75) is 78.3 Å². The average molecular weight is 735 g/mol. The van der Waals surface area contributed by atoms with Crippen LogP contribution in [-0.4, -0.2) is 191 Å². The van der Waals surface area contributed by atoms with Gasteiger partial charge in [-0.2, -0.15) is 0 Å². The maximum atomic E-state index is 8.75. The molecule has 0 spiro atoms. The topological polar surface area (TPSA) is 171 Å². The van der Waals surface area contributed by atoms with E-state index in [1.54, 1.807) is 0 Å². The Morgan fingerprint density at radius 3 is 1.02 bits per heavy atom. The first-order chi connectivity index (χ1) is 24.0. The monoisotopic (exact) mass is 735 g/mol. The molecule has 0 aromatic rings. The Labute approximate surface area is 302 Å². The van der Waals surface area contributed by atoms with Crippen LogP contribution in [0.2, 0.25) is 0 Å². The van der Waals surface area contributed by atoms with Gasteiger partial charge in [0.2, 0.25) is 0 Å². The summed E-state index contributed by atoms with van der Waals surface area (Å²) in [6.07, 6.45) is 0.594. The highest BCUT2D eigenvalue weighted by Crippen LogP contribution is 2.07. The minimum absolute atomic E-state index is 0.00700. The van der Waals surface area contributed by atoms with Crippen molar-refractivity contribution in [1.82, 2.24) is 0 Å². The third-order valence-corrected chi connectivity index (χ3v) is 5.70. The highest BCUT2D eigenvalue weighted by atomic mass is 16.6. The molecule has 2 unspecified atom stereocenters. The SMILES string of the molecule is CC(C)(C)OCCOCCOCC(COCCO)OCCOCCO.CCCOCCOCC(COCCOC(C)(C)C)OCCOCCO. The largest absolute Gasteiger partial charge is 0.394 e. The van der Waals surface area contributed by atoms with Gasteiger partial charge in [0.25, 0.3) is 0 Å².